The summed E-state index contributed by atoms with van der Waals surface area (Å²) in [5.74, 6) is -1.11. The minimum absolute atomic E-state index is 0.0940. The van der Waals surface area contributed by atoms with Crippen molar-refractivity contribution in [3.63, 3.8) is 0 Å². The van der Waals surface area contributed by atoms with Crippen molar-refractivity contribution in [2.75, 3.05) is 13.1 Å². The van der Waals surface area contributed by atoms with Gasteiger partial charge in [-0.2, -0.15) is 0 Å². The van der Waals surface area contributed by atoms with Crippen LogP contribution in [-0.4, -0.2) is 34.6 Å². The van der Waals surface area contributed by atoms with E-state index in [1.54, 1.807) is 6.92 Å². The molecule has 0 atom stereocenters. The molecule has 1 N–H and O–H groups in total. The number of likely N-dealkylation sites (tertiary alicyclic amines) is 1. The first-order chi connectivity index (χ1) is 7.41. The Kier molecular flexibility index (Phi) is 2.64. The Hall–Kier alpha value is -1.13. The molecule has 1 aliphatic heterocycles. The molecule has 1 heterocycles. The molecular formula is C11H11ClFNO2. The molecule has 86 valence electrons. The fraction of sp³-hybridized carbons (Fsp3) is 0.364. The van der Waals surface area contributed by atoms with E-state index >= 15 is 0 Å². The van der Waals surface area contributed by atoms with Crippen LogP contribution in [0.1, 0.15) is 17.3 Å². The van der Waals surface area contributed by atoms with E-state index in [0.717, 1.165) is 0 Å². The van der Waals surface area contributed by atoms with Gasteiger partial charge >= 0.3 is 0 Å². The Balaban J connectivity index is 2.23. The van der Waals surface area contributed by atoms with Crippen LogP contribution in [-0.2, 0) is 0 Å². The van der Waals surface area contributed by atoms with Crippen LogP contribution in [0.4, 0.5) is 4.39 Å². The standard InChI is InChI=1S/C11H11ClFNO2/c1-11(16)5-14(6-11)10(15)9-7(12)3-2-4-8(9)13/h2-4,16H,5-6H2,1H3. The first-order valence-electron chi connectivity index (χ1n) is 4.86. The van der Waals surface area contributed by atoms with Crippen molar-refractivity contribution in [1.82, 2.24) is 4.90 Å². The monoisotopic (exact) mass is 243 g/mol. The lowest BCUT2D eigenvalue weighted by Crippen LogP contribution is -2.61. The van der Waals surface area contributed by atoms with Gasteiger partial charge in [-0.1, -0.05) is 17.7 Å². The van der Waals surface area contributed by atoms with Crippen molar-refractivity contribution in [3.8, 4) is 0 Å². The van der Waals surface area contributed by atoms with Crippen molar-refractivity contribution in [1.29, 1.82) is 0 Å². The second-order valence-corrected chi connectivity index (χ2v) is 4.66. The highest BCUT2D eigenvalue weighted by atomic mass is 35.5. The van der Waals surface area contributed by atoms with Crippen molar-refractivity contribution in [2.24, 2.45) is 0 Å². The van der Waals surface area contributed by atoms with Gasteiger partial charge in [-0.15, -0.1) is 0 Å². The van der Waals surface area contributed by atoms with Gasteiger partial charge in [0, 0.05) is 0 Å². The molecular weight excluding hydrogens is 233 g/mol. The molecule has 1 aliphatic rings. The van der Waals surface area contributed by atoms with E-state index in [-0.39, 0.29) is 23.7 Å². The van der Waals surface area contributed by atoms with E-state index in [0.29, 0.717) is 0 Å². The average molecular weight is 244 g/mol. The van der Waals surface area contributed by atoms with Crippen molar-refractivity contribution >= 4 is 17.5 Å². The molecule has 1 saturated heterocycles. The Morgan fingerprint density at radius 3 is 2.69 bits per heavy atom. The van der Waals surface area contributed by atoms with Gasteiger partial charge < -0.3 is 10.0 Å². The fourth-order valence-corrected chi connectivity index (χ4v) is 2.02. The molecule has 0 bridgehead atoms. The topological polar surface area (TPSA) is 40.5 Å². The van der Waals surface area contributed by atoms with Crippen molar-refractivity contribution in [3.05, 3.63) is 34.6 Å². The number of hydrogen-bond acceptors (Lipinski definition) is 2. The van der Waals surface area contributed by atoms with E-state index < -0.39 is 17.3 Å². The Morgan fingerprint density at radius 2 is 2.19 bits per heavy atom. The first-order valence-corrected chi connectivity index (χ1v) is 5.24. The molecule has 0 spiro atoms. The van der Waals surface area contributed by atoms with Gasteiger partial charge in [0.2, 0.25) is 0 Å². The number of rotatable bonds is 1. The van der Waals surface area contributed by atoms with Gasteiger partial charge in [-0.05, 0) is 19.1 Å². The predicted molar refractivity (Wildman–Crippen MR) is 57.9 cm³/mol. The maximum Gasteiger partial charge on any atom is 0.258 e. The second-order valence-electron chi connectivity index (χ2n) is 4.25. The highest BCUT2D eigenvalue weighted by Gasteiger charge is 2.40. The molecule has 1 aromatic carbocycles. The molecule has 0 aromatic heterocycles. The first kappa shape index (κ1) is 11.4. The van der Waals surface area contributed by atoms with Gasteiger partial charge in [0.1, 0.15) is 5.82 Å². The van der Waals surface area contributed by atoms with Crippen LogP contribution < -0.4 is 0 Å². The highest BCUT2D eigenvalue weighted by molar-refractivity contribution is 6.33. The van der Waals surface area contributed by atoms with Crippen LogP contribution in [0.3, 0.4) is 0 Å². The molecule has 3 nitrogen and oxygen atoms in total. The van der Waals surface area contributed by atoms with Gasteiger partial charge in [0.15, 0.2) is 0 Å². The number of aliphatic hydroxyl groups is 1. The number of carbonyl (C=O) groups is 1. The normalized spacial score (nSPS) is 18.1. The van der Waals surface area contributed by atoms with Gasteiger partial charge in [-0.25, -0.2) is 4.39 Å². The van der Waals surface area contributed by atoms with Gasteiger partial charge in [0.25, 0.3) is 5.91 Å². The van der Waals surface area contributed by atoms with E-state index in [2.05, 4.69) is 0 Å². The maximum absolute atomic E-state index is 13.4. The molecule has 0 radical (unpaired) electrons. The quantitative estimate of drug-likeness (QED) is 0.815. The number of β-amino-alcohol motifs (C(OH)–C–C–N with tert-alkyl or cyclic N) is 1. The lowest BCUT2D eigenvalue weighted by atomic mass is 9.96. The van der Waals surface area contributed by atoms with Gasteiger partial charge in [-0.3, -0.25) is 4.79 Å². The number of carbonyl (C=O) groups excluding carboxylic acids is 1. The average Bonchev–Trinajstić information content (AvgIpc) is 2.13. The third kappa shape index (κ3) is 1.90. The molecule has 1 fully saturated rings. The zero-order valence-corrected chi connectivity index (χ0v) is 9.46. The summed E-state index contributed by atoms with van der Waals surface area (Å²) < 4.78 is 13.4. The minimum atomic E-state index is -0.868. The lowest BCUT2D eigenvalue weighted by Gasteiger charge is -2.44. The summed E-state index contributed by atoms with van der Waals surface area (Å²) in [6.45, 7) is 2.03. The molecule has 0 unspecified atom stereocenters. The summed E-state index contributed by atoms with van der Waals surface area (Å²) in [5, 5.41) is 9.59. The number of amides is 1. The summed E-state index contributed by atoms with van der Waals surface area (Å²) in [7, 11) is 0. The Labute approximate surface area is 97.4 Å². The molecule has 2 rings (SSSR count). The largest absolute Gasteiger partial charge is 0.386 e. The molecule has 16 heavy (non-hydrogen) atoms. The molecule has 0 saturated carbocycles. The van der Waals surface area contributed by atoms with Crippen LogP contribution in [0.15, 0.2) is 18.2 Å². The lowest BCUT2D eigenvalue weighted by molar-refractivity contribution is -0.0670. The predicted octanol–water partition coefficient (Wildman–Crippen LogP) is 1.69. The van der Waals surface area contributed by atoms with Crippen LogP contribution in [0.5, 0.6) is 0 Å². The summed E-state index contributed by atoms with van der Waals surface area (Å²) in [6.07, 6.45) is 0. The molecule has 5 heteroatoms. The van der Waals surface area contributed by atoms with Crippen molar-refractivity contribution < 1.29 is 14.3 Å². The molecule has 1 amide bonds. The van der Waals surface area contributed by atoms with E-state index in [1.165, 1.54) is 23.1 Å². The van der Waals surface area contributed by atoms with Crippen LogP contribution >= 0.6 is 11.6 Å². The zero-order chi connectivity index (χ0) is 11.9. The number of nitrogens with zero attached hydrogens (tertiary/aromatic N) is 1. The van der Waals surface area contributed by atoms with Crippen LogP contribution in [0.2, 0.25) is 5.02 Å². The SMILES string of the molecule is CC1(O)CN(C(=O)c2c(F)cccc2Cl)C1. The summed E-state index contributed by atoms with van der Waals surface area (Å²) in [5.41, 5.74) is -0.993. The third-order valence-corrected chi connectivity index (χ3v) is 2.84. The van der Waals surface area contributed by atoms with Gasteiger partial charge in [0.05, 0.1) is 29.3 Å². The molecule has 1 aromatic rings. The Bertz CT molecular complexity index is 419. The highest BCUT2D eigenvalue weighted by Crippen LogP contribution is 2.26. The number of benzene rings is 1. The van der Waals surface area contributed by atoms with Crippen LogP contribution in [0.25, 0.3) is 0 Å². The van der Waals surface area contributed by atoms with Crippen molar-refractivity contribution in [2.45, 2.75) is 12.5 Å². The summed E-state index contributed by atoms with van der Waals surface area (Å²) in [4.78, 5) is 13.2. The minimum Gasteiger partial charge on any atom is -0.386 e. The number of halogens is 2. The summed E-state index contributed by atoms with van der Waals surface area (Å²) >= 11 is 5.77. The van der Waals surface area contributed by atoms with E-state index in [9.17, 15) is 14.3 Å². The Morgan fingerprint density at radius 1 is 1.56 bits per heavy atom. The molecule has 0 aliphatic carbocycles. The van der Waals surface area contributed by atoms with Crippen LogP contribution in [0, 0.1) is 5.82 Å². The third-order valence-electron chi connectivity index (χ3n) is 2.53. The van der Waals surface area contributed by atoms with E-state index in [1.807, 2.05) is 0 Å². The van der Waals surface area contributed by atoms with E-state index in [4.69, 9.17) is 11.6 Å². The number of hydrogen-bond donors (Lipinski definition) is 1. The maximum atomic E-state index is 13.4. The second kappa shape index (κ2) is 3.71. The smallest absolute Gasteiger partial charge is 0.258 e. The summed E-state index contributed by atoms with van der Waals surface area (Å²) in [6, 6.07) is 4.10. The zero-order valence-electron chi connectivity index (χ0n) is 8.70. The fourth-order valence-electron chi connectivity index (χ4n) is 1.78.